The van der Waals surface area contributed by atoms with E-state index in [0.29, 0.717) is 23.9 Å². The highest BCUT2D eigenvalue weighted by Gasteiger charge is 2.40. The summed E-state index contributed by atoms with van der Waals surface area (Å²) in [6.07, 6.45) is 3.47. The predicted molar refractivity (Wildman–Crippen MR) is 98.5 cm³/mol. The minimum Gasteiger partial charge on any atom is -0.367 e. The Kier molecular flexibility index (Phi) is 4.36. The van der Waals surface area contributed by atoms with Crippen LogP contribution in [-0.2, 0) is 17.9 Å². The number of carbonyl (C=O) groups is 1. The van der Waals surface area contributed by atoms with Crippen molar-refractivity contribution in [3.8, 4) is 0 Å². The summed E-state index contributed by atoms with van der Waals surface area (Å²) in [5.41, 5.74) is 1.22. The van der Waals surface area contributed by atoms with E-state index in [4.69, 9.17) is 16.3 Å². The fraction of sp³-hybridized carbons (Fsp3) is 0.500. The molecular weight excluding hydrogens is 354 g/mol. The zero-order valence-corrected chi connectivity index (χ0v) is 15.7. The van der Waals surface area contributed by atoms with Gasteiger partial charge in [-0.05, 0) is 31.0 Å². The van der Waals surface area contributed by atoms with Crippen molar-refractivity contribution in [3.63, 3.8) is 0 Å². The van der Waals surface area contributed by atoms with Gasteiger partial charge in [0.25, 0.3) is 5.91 Å². The number of pyridine rings is 1. The monoisotopic (exact) mass is 375 g/mol. The molecule has 1 saturated heterocycles. The Bertz CT molecular complexity index is 809. The van der Waals surface area contributed by atoms with Gasteiger partial charge in [-0.3, -0.25) is 9.48 Å². The molecule has 0 aromatic carbocycles. The maximum atomic E-state index is 12.1. The van der Waals surface area contributed by atoms with Gasteiger partial charge in [0.15, 0.2) is 5.69 Å². The number of aromatic nitrogens is 3. The molecule has 4 heterocycles. The predicted octanol–water partition coefficient (Wildman–Crippen LogP) is 2.20. The first-order valence-corrected chi connectivity index (χ1v) is 9.12. The minimum absolute atomic E-state index is 0.0791. The normalized spacial score (nSPS) is 18.7. The van der Waals surface area contributed by atoms with Crippen molar-refractivity contribution >= 4 is 23.3 Å². The molecule has 0 atom stereocenters. The van der Waals surface area contributed by atoms with E-state index >= 15 is 0 Å². The lowest BCUT2D eigenvalue weighted by Gasteiger charge is -2.44. The van der Waals surface area contributed by atoms with Crippen LogP contribution < -0.4 is 4.90 Å². The highest BCUT2D eigenvalue weighted by molar-refractivity contribution is 6.30. The largest absolute Gasteiger partial charge is 0.367 e. The van der Waals surface area contributed by atoms with Crippen LogP contribution in [-0.4, -0.2) is 58.4 Å². The number of rotatable bonds is 2. The first-order chi connectivity index (χ1) is 12.5. The maximum Gasteiger partial charge on any atom is 0.273 e. The van der Waals surface area contributed by atoms with Crippen LogP contribution in [0.15, 0.2) is 24.4 Å². The summed E-state index contributed by atoms with van der Waals surface area (Å²) in [7, 11) is 3.47. The Balaban J connectivity index is 1.45. The van der Waals surface area contributed by atoms with Gasteiger partial charge in [0.1, 0.15) is 5.82 Å². The minimum atomic E-state index is -0.222. The number of fused-ring (bicyclic) bond motifs is 1. The Labute approximate surface area is 157 Å². The summed E-state index contributed by atoms with van der Waals surface area (Å²) in [5, 5.41) is 5.16. The van der Waals surface area contributed by atoms with E-state index in [1.165, 1.54) is 0 Å². The summed E-state index contributed by atoms with van der Waals surface area (Å²) in [6.45, 7) is 2.92. The molecule has 8 heteroatoms. The number of piperidine rings is 1. The number of amides is 1. The number of hydrogen-bond donors (Lipinski definition) is 0. The first-order valence-electron chi connectivity index (χ1n) is 8.75. The van der Waals surface area contributed by atoms with Gasteiger partial charge in [-0.15, -0.1) is 0 Å². The fourth-order valence-electron chi connectivity index (χ4n) is 3.59. The van der Waals surface area contributed by atoms with Gasteiger partial charge < -0.3 is 14.5 Å². The van der Waals surface area contributed by atoms with Crippen LogP contribution in [0.25, 0.3) is 0 Å². The van der Waals surface area contributed by atoms with Crippen molar-refractivity contribution in [1.29, 1.82) is 0 Å². The zero-order chi connectivity index (χ0) is 18.3. The maximum absolute atomic E-state index is 12.1. The van der Waals surface area contributed by atoms with Crippen molar-refractivity contribution < 1.29 is 9.53 Å². The summed E-state index contributed by atoms with van der Waals surface area (Å²) in [5.74, 6) is 0.864. The number of hydrogen-bond acceptors (Lipinski definition) is 5. The van der Waals surface area contributed by atoms with Crippen LogP contribution in [0.4, 0.5) is 5.82 Å². The molecular formula is C18H22ClN5O2. The van der Waals surface area contributed by atoms with E-state index in [-0.39, 0.29) is 11.5 Å². The molecule has 138 valence electrons. The molecule has 2 aliphatic heterocycles. The summed E-state index contributed by atoms with van der Waals surface area (Å²) < 4.78 is 8.18. The van der Waals surface area contributed by atoms with Crippen LogP contribution in [0.1, 0.15) is 29.0 Å². The molecule has 4 rings (SSSR count). The molecule has 1 amide bonds. The third kappa shape index (κ3) is 3.17. The second kappa shape index (κ2) is 6.55. The number of ether oxygens (including phenoxy) is 1. The lowest BCUT2D eigenvalue weighted by atomic mass is 9.90. The third-order valence-electron chi connectivity index (χ3n) is 5.16. The fourth-order valence-corrected chi connectivity index (χ4v) is 3.70. The van der Waals surface area contributed by atoms with E-state index in [9.17, 15) is 4.79 Å². The van der Waals surface area contributed by atoms with Gasteiger partial charge >= 0.3 is 0 Å². The standard InChI is InChI=1S/C18H22ClN5O2/c1-22(2)17(25)15-9-14-11-26-18(12-24(14)21-15)5-7-23(8-6-18)16-4-3-13(19)10-20-16/h3-4,9-10H,5-8,11-12H2,1-2H3. The van der Waals surface area contributed by atoms with Crippen LogP contribution in [0, 0.1) is 0 Å². The summed E-state index contributed by atoms with van der Waals surface area (Å²) >= 11 is 5.92. The number of halogens is 1. The Morgan fingerprint density at radius 3 is 2.73 bits per heavy atom. The van der Waals surface area contributed by atoms with E-state index in [0.717, 1.165) is 37.4 Å². The number of anilines is 1. The number of nitrogens with zero attached hydrogens (tertiary/aromatic N) is 5. The average Bonchev–Trinajstić information content (AvgIpc) is 3.05. The molecule has 1 spiro atoms. The SMILES string of the molecule is CN(C)C(=O)c1cc2n(n1)CC1(CCN(c3ccc(Cl)cn3)CC1)OC2. The van der Waals surface area contributed by atoms with Crippen LogP contribution in [0.5, 0.6) is 0 Å². The van der Waals surface area contributed by atoms with Crippen molar-refractivity contribution in [2.24, 2.45) is 0 Å². The topological polar surface area (TPSA) is 63.5 Å². The third-order valence-corrected chi connectivity index (χ3v) is 5.39. The molecule has 7 nitrogen and oxygen atoms in total. The van der Waals surface area contributed by atoms with Crippen molar-refractivity contribution in [3.05, 3.63) is 40.8 Å². The van der Waals surface area contributed by atoms with E-state index < -0.39 is 0 Å². The van der Waals surface area contributed by atoms with Gasteiger partial charge in [-0.2, -0.15) is 5.10 Å². The van der Waals surface area contributed by atoms with Gasteiger partial charge in [0, 0.05) is 33.4 Å². The van der Waals surface area contributed by atoms with Crippen molar-refractivity contribution in [2.45, 2.75) is 31.6 Å². The van der Waals surface area contributed by atoms with Crippen LogP contribution >= 0.6 is 11.6 Å². The molecule has 2 aromatic heterocycles. The molecule has 0 aliphatic carbocycles. The Morgan fingerprint density at radius 1 is 1.31 bits per heavy atom. The number of carbonyl (C=O) groups excluding carboxylic acids is 1. The van der Waals surface area contributed by atoms with Crippen molar-refractivity contribution in [2.75, 3.05) is 32.1 Å². The highest BCUT2D eigenvalue weighted by atomic mass is 35.5. The molecule has 0 saturated carbocycles. The molecule has 26 heavy (non-hydrogen) atoms. The molecule has 2 aliphatic rings. The molecule has 0 bridgehead atoms. The smallest absolute Gasteiger partial charge is 0.273 e. The van der Waals surface area contributed by atoms with Crippen LogP contribution in [0.3, 0.4) is 0 Å². The zero-order valence-electron chi connectivity index (χ0n) is 15.0. The van der Waals surface area contributed by atoms with Gasteiger partial charge in [0.2, 0.25) is 0 Å². The van der Waals surface area contributed by atoms with Gasteiger partial charge in [-0.25, -0.2) is 4.98 Å². The Morgan fingerprint density at radius 2 is 2.08 bits per heavy atom. The molecule has 0 N–H and O–H groups in total. The lowest BCUT2D eigenvalue weighted by molar-refractivity contribution is -0.106. The van der Waals surface area contributed by atoms with E-state index in [1.807, 2.05) is 22.9 Å². The highest BCUT2D eigenvalue weighted by Crippen LogP contribution is 2.34. The summed E-state index contributed by atoms with van der Waals surface area (Å²) in [6, 6.07) is 5.65. The van der Waals surface area contributed by atoms with E-state index in [1.54, 1.807) is 25.2 Å². The molecule has 1 fully saturated rings. The quantitative estimate of drug-likeness (QED) is 0.805. The first kappa shape index (κ1) is 17.3. The van der Waals surface area contributed by atoms with E-state index in [2.05, 4.69) is 15.0 Å². The van der Waals surface area contributed by atoms with Gasteiger partial charge in [-0.1, -0.05) is 11.6 Å². The average molecular weight is 376 g/mol. The second-order valence-electron chi connectivity index (χ2n) is 7.17. The molecule has 0 unspecified atom stereocenters. The molecule has 2 aromatic rings. The second-order valence-corrected chi connectivity index (χ2v) is 7.61. The van der Waals surface area contributed by atoms with Crippen molar-refractivity contribution in [1.82, 2.24) is 19.7 Å². The molecule has 0 radical (unpaired) electrons. The van der Waals surface area contributed by atoms with Gasteiger partial charge in [0.05, 0.1) is 29.5 Å². The lowest BCUT2D eigenvalue weighted by Crippen LogP contribution is -2.51. The van der Waals surface area contributed by atoms with Crippen LogP contribution in [0.2, 0.25) is 5.02 Å². The summed E-state index contributed by atoms with van der Waals surface area (Å²) in [4.78, 5) is 20.3. The Hall–Kier alpha value is -2.12.